The second-order valence-corrected chi connectivity index (χ2v) is 18.8. The third-order valence-electron chi connectivity index (χ3n) is 9.18. The lowest BCUT2D eigenvalue weighted by atomic mass is 9.87. The SMILES string of the molecule is CCCCCCCC/C=C\CCCC(=O)SCCNC(=O)CCNC(=O)[C@H](O)C(C)(C)COP(=O)(O)OP(=O)(O)OC[C@H]1O[C@@H](n2cnc3c(N)ncnc32)[C@H](O)[C@@H]1O. The number of allylic oxidation sites excluding steroid dienone is 2. The summed E-state index contributed by atoms with van der Waals surface area (Å²) in [4.78, 5) is 69.1. The molecular weight excluding hydrogens is 836 g/mol. The van der Waals surface area contributed by atoms with E-state index in [1.54, 1.807) is 0 Å². The van der Waals surface area contributed by atoms with Crippen molar-refractivity contribution in [3.8, 4) is 0 Å². The summed E-state index contributed by atoms with van der Waals surface area (Å²) in [6.45, 7) is 3.18. The number of fused-ring (bicyclic) bond motifs is 1. The summed E-state index contributed by atoms with van der Waals surface area (Å²) in [5.74, 6) is -0.870. The first-order chi connectivity index (χ1) is 27.9. The monoisotopic (exact) mass is 895 g/mol. The van der Waals surface area contributed by atoms with Crippen molar-refractivity contribution < 1.29 is 66.7 Å². The van der Waals surface area contributed by atoms with Crippen LogP contribution >= 0.6 is 27.4 Å². The lowest BCUT2D eigenvalue weighted by molar-refractivity contribution is -0.137. The highest BCUT2D eigenvalue weighted by molar-refractivity contribution is 8.13. The number of ether oxygens (including phenoxy) is 1. The van der Waals surface area contributed by atoms with Gasteiger partial charge in [-0.1, -0.05) is 76.8 Å². The van der Waals surface area contributed by atoms with Crippen LogP contribution in [0.3, 0.4) is 0 Å². The molecule has 2 aromatic heterocycles. The molecule has 1 fully saturated rings. The molecule has 3 heterocycles. The summed E-state index contributed by atoms with van der Waals surface area (Å²) in [7, 11) is -10.8. The highest BCUT2D eigenvalue weighted by Gasteiger charge is 2.46. The molecule has 1 saturated heterocycles. The second-order valence-electron chi connectivity index (χ2n) is 14.6. The summed E-state index contributed by atoms with van der Waals surface area (Å²) in [5, 5.41) is 36.7. The molecule has 1 aliphatic rings. The second kappa shape index (κ2) is 24.6. The van der Waals surface area contributed by atoms with E-state index < -0.39 is 76.7 Å². The van der Waals surface area contributed by atoms with Gasteiger partial charge in [0.2, 0.25) is 11.8 Å². The van der Waals surface area contributed by atoms with E-state index in [4.69, 9.17) is 19.5 Å². The average molecular weight is 896 g/mol. The lowest BCUT2D eigenvalue weighted by Crippen LogP contribution is -2.46. The van der Waals surface area contributed by atoms with E-state index in [-0.39, 0.29) is 41.6 Å². The van der Waals surface area contributed by atoms with E-state index in [0.29, 0.717) is 12.2 Å². The largest absolute Gasteiger partial charge is 0.481 e. The van der Waals surface area contributed by atoms with Gasteiger partial charge in [-0.05, 0) is 25.7 Å². The van der Waals surface area contributed by atoms with E-state index >= 15 is 0 Å². The standard InChI is InChI=1S/C35H59N7O14P2S/c1-4-5-6-7-8-9-10-11-12-13-14-15-26(44)59-19-18-37-25(43)16-17-38-33(48)30(47)35(2,3)21-54-58(51,52)56-57(49,50)53-20-24-28(45)29(46)34(55-24)42-23-41-27-31(36)39-22-40-32(27)42/h11-12,22-24,28-30,34,45-47H,4-10,13-21H2,1-3H3,(H,37,43)(H,38,48)(H,49,50)(H,51,52)(H2,36,39,40)/b12-11-/t24-,28-,29-,30+,34-/m1/s1. The molecule has 21 nitrogen and oxygen atoms in total. The van der Waals surface area contributed by atoms with Crippen LogP contribution in [0.4, 0.5) is 5.82 Å². The van der Waals surface area contributed by atoms with Crippen molar-refractivity contribution in [2.24, 2.45) is 5.41 Å². The number of amides is 2. The van der Waals surface area contributed by atoms with Crippen molar-refractivity contribution in [2.45, 2.75) is 122 Å². The van der Waals surface area contributed by atoms with Crippen molar-refractivity contribution in [3.63, 3.8) is 0 Å². The van der Waals surface area contributed by atoms with Gasteiger partial charge in [-0.25, -0.2) is 24.1 Å². The molecule has 7 atom stereocenters. The molecule has 9 N–H and O–H groups in total. The molecule has 0 spiro atoms. The predicted molar refractivity (Wildman–Crippen MR) is 217 cm³/mol. The highest BCUT2D eigenvalue weighted by atomic mass is 32.2. The average Bonchev–Trinajstić information content (AvgIpc) is 3.73. The zero-order chi connectivity index (χ0) is 43.6. The Balaban J connectivity index is 1.29. The molecule has 334 valence electrons. The maximum absolute atomic E-state index is 12.6. The van der Waals surface area contributed by atoms with Crippen LogP contribution in [0, 0.1) is 5.41 Å². The fourth-order valence-corrected chi connectivity index (χ4v) is 8.71. The van der Waals surface area contributed by atoms with Gasteiger partial charge in [-0.15, -0.1) is 0 Å². The van der Waals surface area contributed by atoms with Crippen LogP contribution in [-0.4, -0.2) is 118 Å². The van der Waals surface area contributed by atoms with Crippen molar-refractivity contribution in [3.05, 3.63) is 24.8 Å². The molecule has 0 radical (unpaired) electrons. The van der Waals surface area contributed by atoms with E-state index in [1.165, 1.54) is 63.3 Å². The van der Waals surface area contributed by atoms with E-state index in [2.05, 4.69) is 49.0 Å². The van der Waals surface area contributed by atoms with Gasteiger partial charge < -0.3 is 46.2 Å². The molecule has 3 rings (SSSR count). The van der Waals surface area contributed by atoms with Crippen LogP contribution in [0.5, 0.6) is 0 Å². The number of nitrogens with two attached hydrogens (primary N) is 1. The Morgan fingerprint density at radius 2 is 1.64 bits per heavy atom. The number of aliphatic hydroxyl groups is 3. The number of unbranched alkanes of at least 4 members (excludes halogenated alkanes) is 7. The van der Waals surface area contributed by atoms with Crippen molar-refractivity contribution in [2.75, 3.05) is 37.8 Å². The van der Waals surface area contributed by atoms with E-state index in [9.17, 15) is 48.6 Å². The number of nitrogen functional groups attached to an aromatic ring is 1. The molecule has 0 aromatic carbocycles. The van der Waals surface area contributed by atoms with Gasteiger partial charge in [-0.3, -0.25) is 28.0 Å². The number of thioether (sulfide) groups is 1. The number of carbonyl (C=O) groups is 3. The molecule has 2 amide bonds. The number of anilines is 1. The van der Waals surface area contributed by atoms with Crippen molar-refractivity contribution in [1.82, 2.24) is 30.2 Å². The minimum Gasteiger partial charge on any atom is -0.387 e. The number of aromatic nitrogens is 4. The Bertz CT molecular complexity index is 1790. The Morgan fingerprint density at radius 1 is 0.966 bits per heavy atom. The Labute approximate surface area is 347 Å². The topological polar surface area (TPSA) is 317 Å². The summed E-state index contributed by atoms with van der Waals surface area (Å²) in [6.07, 6.45) is 9.47. The molecule has 59 heavy (non-hydrogen) atoms. The van der Waals surface area contributed by atoms with Crippen LogP contribution in [0.15, 0.2) is 24.8 Å². The third kappa shape index (κ3) is 17.2. The van der Waals surface area contributed by atoms with Gasteiger partial charge >= 0.3 is 15.6 Å². The third-order valence-corrected chi connectivity index (χ3v) is 12.7. The van der Waals surface area contributed by atoms with Crippen molar-refractivity contribution >= 4 is 61.3 Å². The van der Waals surface area contributed by atoms with Gasteiger partial charge in [-0.2, -0.15) is 4.31 Å². The fraction of sp³-hybridized carbons (Fsp3) is 0.714. The molecule has 1 aliphatic heterocycles. The zero-order valence-corrected chi connectivity index (χ0v) is 36.2. The van der Waals surface area contributed by atoms with Crippen LogP contribution in [-0.2, 0) is 41.6 Å². The molecule has 0 aliphatic carbocycles. The Hall–Kier alpha value is -2.85. The zero-order valence-electron chi connectivity index (χ0n) is 33.6. The molecule has 0 saturated carbocycles. The maximum atomic E-state index is 12.6. The summed E-state index contributed by atoms with van der Waals surface area (Å²) < 4.78 is 45.8. The minimum atomic E-state index is -5.38. The Kier molecular flexibility index (Phi) is 21.0. The van der Waals surface area contributed by atoms with Gasteiger partial charge in [0.05, 0.1) is 19.5 Å². The highest BCUT2D eigenvalue weighted by Crippen LogP contribution is 2.61. The van der Waals surface area contributed by atoms with Crippen LogP contribution in [0.25, 0.3) is 11.2 Å². The van der Waals surface area contributed by atoms with E-state index in [0.717, 1.165) is 37.4 Å². The smallest absolute Gasteiger partial charge is 0.387 e. The van der Waals surface area contributed by atoms with Crippen LogP contribution in [0.2, 0.25) is 0 Å². The van der Waals surface area contributed by atoms with Gasteiger partial charge in [0.25, 0.3) is 0 Å². The minimum absolute atomic E-state index is 0.0496. The number of imidazole rings is 1. The number of carbonyl (C=O) groups excluding carboxylic acids is 3. The molecule has 24 heteroatoms. The number of nitrogens with zero attached hydrogens (tertiary/aromatic N) is 4. The van der Waals surface area contributed by atoms with Crippen LogP contribution in [0.1, 0.15) is 97.6 Å². The summed E-state index contributed by atoms with van der Waals surface area (Å²) in [5.41, 5.74) is 4.58. The molecule has 0 bridgehead atoms. The number of phosphoric ester groups is 2. The quantitative estimate of drug-likeness (QED) is 0.0346. The van der Waals surface area contributed by atoms with E-state index in [1.807, 2.05) is 0 Å². The van der Waals surface area contributed by atoms with Crippen molar-refractivity contribution in [1.29, 1.82) is 0 Å². The lowest BCUT2D eigenvalue weighted by Gasteiger charge is -2.30. The predicted octanol–water partition coefficient (Wildman–Crippen LogP) is 3.02. The fourth-order valence-electron chi connectivity index (χ4n) is 5.73. The number of hydrogen-bond acceptors (Lipinski definition) is 17. The number of phosphoric acid groups is 2. The van der Waals surface area contributed by atoms with Gasteiger partial charge in [0, 0.05) is 37.1 Å². The maximum Gasteiger partial charge on any atom is 0.481 e. The molecular formula is C35H59N7O14P2S. The Morgan fingerprint density at radius 3 is 2.37 bits per heavy atom. The molecule has 2 unspecified atom stereocenters. The molecule has 2 aromatic rings. The number of nitrogens with one attached hydrogen (secondary N) is 2. The normalized spacial score (nSPS) is 21.0. The van der Waals surface area contributed by atoms with Gasteiger partial charge in [0.15, 0.2) is 22.8 Å². The summed E-state index contributed by atoms with van der Waals surface area (Å²) in [6, 6.07) is 0. The first-order valence-corrected chi connectivity index (χ1v) is 23.5. The number of hydrogen-bond donors (Lipinski definition) is 8. The van der Waals surface area contributed by atoms with Gasteiger partial charge in [0.1, 0.15) is 36.3 Å². The first-order valence-electron chi connectivity index (χ1n) is 19.5. The first kappa shape index (κ1) is 50.5. The number of rotatable bonds is 28. The summed E-state index contributed by atoms with van der Waals surface area (Å²) >= 11 is 1.15. The number of aliphatic hydroxyl groups excluding tert-OH is 3. The van der Waals surface area contributed by atoms with Crippen LogP contribution < -0.4 is 16.4 Å².